The van der Waals surface area contributed by atoms with Crippen molar-refractivity contribution in [3.8, 4) is 0 Å². The molecule has 0 atom stereocenters. The third-order valence-corrected chi connectivity index (χ3v) is 3.15. The van der Waals surface area contributed by atoms with Crippen LogP contribution in [0.2, 0.25) is 0 Å². The SMILES string of the molecule is Fc1ccc(F)c2c3c([nH]c12)CCCC3. The second kappa shape index (κ2) is 3.05. The maximum absolute atomic E-state index is 13.6. The molecule has 0 unspecified atom stereocenters. The first-order valence-corrected chi connectivity index (χ1v) is 5.25. The minimum Gasteiger partial charge on any atom is -0.356 e. The van der Waals surface area contributed by atoms with E-state index in [1.54, 1.807) is 0 Å². The van der Waals surface area contributed by atoms with Crippen molar-refractivity contribution in [2.24, 2.45) is 0 Å². The third kappa shape index (κ3) is 1.19. The smallest absolute Gasteiger partial charge is 0.147 e. The molecule has 0 spiro atoms. The van der Waals surface area contributed by atoms with Crippen LogP contribution < -0.4 is 0 Å². The van der Waals surface area contributed by atoms with Crippen LogP contribution in [-0.4, -0.2) is 4.98 Å². The quantitative estimate of drug-likeness (QED) is 0.682. The summed E-state index contributed by atoms with van der Waals surface area (Å²) < 4.78 is 27.1. The van der Waals surface area contributed by atoms with E-state index in [-0.39, 0.29) is 11.6 Å². The highest BCUT2D eigenvalue weighted by atomic mass is 19.1. The zero-order chi connectivity index (χ0) is 10.4. The summed E-state index contributed by atoms with van der Waals surface area (Å²) in [6.07, 6.45) is 3.93. The number of nitrogens with one attached hydrogen (secondary N) is 1. The summed E-state index contributed by atoms with van der Waals surface area (Å²) in [4.78, 5) is 3.01. The predicted molar refractivity (Wildman–Crippen MR) is 54.9 cm³/mol. The van der Waals surface area contributed by atoms with E-state index in [0.29, 0.717) is 10.9 Å². The zero-order valence-electron chi connectivity index (χ0n) is 8.24. The largest absolute Gasteiger partial charge is 0.356 e. The van der Waals surface area contributed by atoms with Crippen molar-refractivity contribution >= 4 is 10.9 Å². The summed E-state index contributed by atoms with van der Waals surface area (Å²) in [6, 6.07) is 2.39. The van der Waals surface area contributed by atoms with Gasteiger partial charge in [-0.25, -0.2) is 8.78 Å². The number of fused-ring (bicyclic) bond motifs is 3. The van der Waals surface area contributed by atoms with Crippen LogP contribution in [0.3, 0.4) is 0 Å². The molecule has 1 aromatic heterocycles. The van der Waals surface area contributed by atoms with Crippen LogP contribution in [0.5, 0.6) is 0 Å². The summed E-state index contributed by atoms with van der Waals surface area (Å²) in [6.45, 7) is 0. The number of hydrogen-bond acceptors (Lipinski definition) is 0. The van der Waals surface area contributed by atoms with Crippen LogP contribution >= 0.6 is 0 Å². The molecule has 78 valence electrons. The standard InChI is InChI=1S/C12H11F2N/c13-8-5-6-9(14)12-11(8)7-3-1-2-4-10(7)15-12/h5-6,15H,1-4H2. The van der Waals surface area contributed by atoms with Crippen LogP contribution in [0.1, 0.15) is 24.1 Å². The molecule has 1 aliphatic rings. The summed E-state index contributed by atoms with van der Waals surface area (Å²) in [5, 5.41) is 0.463. The van der Waals surface area contributed by atoms with Crippen LogP contribution in [0.4, 0.5) is 8.78 Å². The van der Waals surface area contributed by atoms with E-state index in [2.05, 4.69) is 4.98 Å². The van der Waals surface area contributed by atoms with E-state index in [4.69, 9.17) is 0 Å². The van der Waals surface area contributed by atoms with E-state index < -0.39 is 0 Å². The lowest BCUT2D eigenvalue weighted by atomic mass is 9.95. The molecule has 15 heavy (non-hydrogen) atoms. The topological polar surface area (TPSA) is 15.8 Å². The molecule has 0 saturated carbocycles. The fraction of sp³-hybridized carbons (Fsp3) is 0.333. The Bertz CT molecular complexity index is 528. The Balaban J connectivity index is 2.41. The molecule has 0 saturated heterocycles. The Morgan fingerprint density at radius 2 is 1.73 bits per heavy atom. The van der Waals surface area contributed by atoms with Gasteiger partial charge in [0.25, 0.3) is 0 Å². The average Bonchev–Trinajstić information content (AvgIpc) is 2.64. The lowest BCUT2D eigenvalue weighted by Gasteiger charge is -2.10. The molecule has 2 aromatic rings. The summed E-state index contributed by atoms with van der Waals surface area (Å²) in [7, 11) is 0. The minimum absolute atomic E-state index is 0.314. The van der Waals surface area contributed by atoms with Gasteiger partial charge in [-0.15, -0.1) is 0 Å². The maximum atomic E-state index is 13.6. The molecule has 1 heterocycles. The van der Waals surface area contributed by atoms with Crippen molar-refractivity contribution in [1.82, 2.24) is 4.98 Å². The molecular weight excluding hydrogens is 196 g/mol. The Kier molecular flexibility index (Phi) is 1.81. The molecular formula is C12H11F2N. The number of aryl methyl sites for hydroxylation is 2. The van der Waals surface area contributed by atoms with Gasteiger partial charge in [-0.05, 0) is 43.4 Å². The lowest BCUT2D eigenvalue weighted by Crippen LogP contribution is -2.00. The number of hydrogen-bond donors (Lipinski definition) is 1. The molecule has 0 aliphatic heterocycles. The molecule has 0 bridgehead atoms. The monoisotopic (exact) mass is 207 g/mol. The summed E-state index contributed by atoms with van der Waals surface area (Å²) >= 11 is 0. The lowest BCUT2D eigenvalue weighted by molar-refractivity contribution is 0.615. The molecule has 3 heteroatoms. The van der Waals surface area contributed by atoms with Crippen molar-refractivity contribution in [1.29, 1.82) is 0 Å². The Morgan fingerprint density at radius 3 is 2.60 bits per heavy atom. The van der Waals surface area contributed by atoms with E-state index in [1.165, 1.54) is 12.1 Å². The first-order chi connectivity index (χ1) is 7.27. The molecule has 0 radical (unpaired) electrons. The van der Waals surface area contributed by atoms with Crippen molar-refractivity contribution < 1.29 is 8.78 Å². The predicted octanol–water partition coefficient (Wildman–Crippen LogP) is 3.32. The van der Waals surface area contributed by atoms with Gasteiger partial charge in [0.2, 0.25) is 0 Å². The van der Waals surface area contributed by atoms with Gasteiger partial charge < -0.3 is 4.98 Å². The average molecular weight is 207 g/mol. The fourth-order valence-electron chi connectivity index (χ4n) is 2.44. The van der Waals surface area contributed by atoms with E-state index in [9.17, 15) is 8.78 Å². The maximum Gasteiger partial charge on any atom is 0.147 e. The van der Waals surface area contributed by atoms with Gasteiger partial charge >= 0.3 is 0 Å². The molecule has 1 N–H and O–H groups in total. The number of benzene rings is 1. The van der Waals surface area contributed by atoms with Crippen LogP contribution in [-0.2, 0) is 12.8 Å². The van der Waals surface area contributed by atoms with Gasteiger partial charge in [-0.1, -0.05) is 0 Å². The van der Waals surface area contributed by atoms with E-state index >= 15 is 0 Å². The highest BCUT2D eigenvalue weighted by molar-refractivity contribution is 5.86. The first-order valence-electron chi connectivity index (χ1n) is 5.25. The van der Waals surface area contributed by atoms with Crippen molar-refractivity contribution in [3.05, 3.63) is 35.0 Å². The van der Waals surface area contributed by atoms with Crippen molar-refractivity contribution in [3.63, 3.8) is 0 Å². The number of aromatic amines is 1. The Hall–Kier alpha value is -1.38. The summed E-state index contributed by atoms with van der Waals surface area (Å²) in [5.74, 6) is -0.674. The molecule has 0 fully saturated rings. The van der Waals surface area contributed by atoms with Crippen molar-refractivity contribution in [2.45, 2.75) is 25.7 Å². The first kappa shape index (κ1) is 8.89. The highest BCUT2D eigenvalue weighted by Crippen LogP contribution is 2.31. The zero-order valence-corrected chi connectivity index (χ0v) is 8.24. The Morgan fingerprint density at radius 1 is 1.00 bits per heavy atom. The van der Waals surface area contributed by atoms with Crippen LogP contribution in [0.15, 0.2) is 12.1 Å². The number of aromatic nitrogens is 1. The third-order valence-electron chi connectivity index (χ3n) is 3.15. The minimum atomic E-state index is -0.360. The van der Waals surface area contributed by atoms with Crippen LogP contribution in [0, 0.1) is 11.6 Å². The molecule has 1 aromatic carbocycles. The number of rotatable bonds is 0. The van der Waals surface area contributed by atoms with E-state index in [0.717, 1.165) is 36.9 Å². The van der Waals surface area contributed by atoms with Crippen molar-refractivity contribution in [2.75, 3.05) is 0 Å². The van der Waals surface area contributed by atoms with Crippen LogP contribution in [0.25, 0.3) is 10.9 Å². The van der Waals surface area contributed by atoms with E-state index in [1.807, 2.05) is 0 Å². The molecule has 3 rings (SSSR count). The van der Waals surface area contributed by atoms with Gasteiger partial charge in [0.1, 0.15) is 11.6 Å². The molecule has 1 nitrogen and oxygen atoms in total. The second-order valence-electron chi connectivity index (χ2n) is 4.07. The normalized spacial score (nSPS) is 15.6. The second-order valence-corrected chi connectivity index (χ2v) is 4.07. The number of halogens is 2. The van der Waals surface area contributed by atoms with Gasteiger partial charge in [-0.3, -0.25) is 0 Å². The van der Waals surface area contributed by atoms with Gasteiger partial charge in [-0.2, -0.15) is 0 Å². The molecule has 0 amide bonds. The summed E-state index contributed by atoms with van der Waals surface area (Å²) in [5.41, 5.74) is 2.33. The molecule has 1 aliphatic carbocycles. The van der Waals surface area contributed by atoms with Gasteiger partial charge in [0.15, 0.2) is 0 Å². The van der Waals surface area contributed by atoms with Gasteiger partial charge in [0.05, 0.1) is 5.52 Å². The fourth-order valence-corrected chi connectivity index (χ4v) is 2.44. The van der Waals surface area contributed by atoms with Gasteiger partial charge in [0, 0.05) is 11.1 Å². The Labute approximate surface area is 86.1 Å². The number of H-pyrrole nitrogens is 1. The highest BCUT2D eigenvalue weighted by Gasteiger charge is 2.19.